The van der Waals surface area contributed by atoms with Gasteiger partial charge in [0, 0.05) is 20.0 Å². The van der Waals surface area contributed by atoms with Gasteiger partial charge < -0.3 is 19.3 Å². The lowest BCUT2D eigenvalue weighted by Gasteiger charge is -2.30. The molecule has 7 nitrogen and oxygen atoms in total. The van der Waals surface area contributed by atoms with Crippen molar-refractivity contribution in [3.05, 3.63) is 65.5 Å². The Morgan fingerprint density at radius 2 is 1.94 bits per heavy atom. The van der Waals surface area contributed by atoms with E-state index in [0.717, 1.165) is 18.1 Å². The number of ether oxygens (including phenoxy) is 2. The summed E-state index contributed by atoms with van der Waals surface area (Å²) in [4.78, 5) is 42.5. The molecule has 4 rings (SSSR count). The summed E-state index contributed by atoms with van der Waals surface area (Å²) in [7, 11) is 1.46. The van der Waals surface area contributed by atoms with Gasteiger partial charge in [0.25, 0.3) is 5.91 Å². The third-order valence-electron chi connectivity index (χ3n) is 6.46. The van der Waals surface area contributed by atoms with E-state index in [0.29, 0.717) is 12.5 Å². The molecule has 0 bridgehead atoms. The number of carbonyl (C=O) groups is 3. The first kappa shape index (κ1) is 23.7. The highest BCUT2D eigenvalue weighted by Crippen LogP contribution is 2.29. The Bertz CT molecular complexity index is 1060. The number of esters is 1. The van der Waals surface area contributed by atoms with Crippen LogP contribution in [0, 0.1) is 11.7 Å². The van der Waals surface area contributed by atoms with E-state index in [4.69, 9.17) is 9.47 Å². The largest absolute Gasteiger partial charge is 0.491 e. The number of nitrogens with zero attached hydrogens (tertiary/aromatic N) is 2. The first-order valence-corrected chi connectivity index (χ1v) is 11.5. The average molecular weight is 469 g/mol. The van der Waals surface area contributed by atoms with E-state index in [1.807, 2.05) is 30.3 Å². The molecule has 0 saturated carbocycles. The lowest BCUT2D eigenvalue weighted by Crippen LogP contribution is -2.46. The Hall–Kier alpha value is -3.42. The molecule has 0 unspecified atom stereocenters. The second kappa shape index (κ2) is 10.2. The van der Waals surface area contributed by atoms with E-state index in [1.165, 1.54) is 24.1 Å². The lowest BCUT2D eigenvalue weighted by molar-refractivity contribution is -0.150. The Kier molecular flexibility index (Phi) is 7.14. The van der Waals surface area contributed by atoms with E-state index in [2.05, 4.69) is 6.92 Å². The van der Waals surface area contributed by atoms with Crippen molar-refractivity contribution in [3.63, 3.8) is 0 Å². The van der Waals surface area contributed by atoms with Gasteiger partial charge in [-0.3, -0.25) is 9.59 Å². The summed E-state index contributed by atoms with van der Waals surface area (Å²) in [6.45, 7) is 2.95. The third-order valence-corrected chi connectivity index (χ3v) is 6.46. The number of carbonyl (C=O) groups excluding carboxylic acids is 3. The van der Waals surface area contributed by atoms with E-state index in [9.17, 15) is 18.8 Å². The van der Waals surface area contributed by atoms with Gasteiger partial charge >= 0.3 is 5.97 Å². The smallest absolute Gasteiger partial charge is 0.329 e. The third kappa shape index (κ3) is 5.21. The summed E-state index contributed by atoms with van der Waals surface area (Å²) >= 11 is 0. The highest BCUT2D eigenvalue weighted by molar-refractivity contribution is 5.99. The van der Waals surface area contributed by atoms with Gasteiger partial charge in [-0.05, 0) is 42.5 Å². The zero-order valence-corrected chi connectivity index (χ0v) is 19.4. The minimum atomic E-state index is -1.01. The normalized spacial score (nSPS) is 23.3. The van der Waals surface area contributed by atoms with Gasteiger partial charge in [0.1, 0.15) is 30.8 Å². The van der Waals surface area contributed by atoms with Crippen molar-refractivity contribution in [2.45, 2.75) is 44.9 Å². The quantitative estimate of drug-likeness (QED) is 0.646. The predicted molar refractivity (Wildman–Crippen MR) is 123 cm³/mol. The van der Waals surface area contributed by atoms with Crippen molar-refractivity contribution in [1.82, 2.24) is 9.80 Å². The Balaban J connectivity index is 1.62. The maximum absolute atomic E-state index is 14.1. The Labute approximate surface area is 198 Å². The fraction of sp³-hybridized carbons (Fsp3) is 0.423. The summed E-state index contributed by atoms with van der Waals surface area (Å²) < 4.78 is 25.5. The van der Waals surface area contributed by atoms with Gasteiger partial charge in [-0.25, -0.2) is 9.18 Å². The fourth-order valence-electron chi connectivity index (χ4n) is 4.63. The van der Waals surface area contributed by atoms with Crippen molar-refractivity contribution >= 4 is 17.8 Å². The first-order valence-electron chi connectivity index (χ1n) is 11.5. The molecule has 2 aromatic rings. The summed E-state index contributed by atoms with van der Waals surface area (Å²) in [5.74, 6) is -1.31. The number of hydrogen-bond acceptors (Lipinski definition) is 5. The lowest BCUT2D eigenvalue weighted by atomic mass is 10.1. The van der Waals surface area contributed by atoms with Gasteiger partial charge in [-0.1, -0.05) is 37.3 Å². The van der Waals surface area contributed by atoms with Gasteiger partial charge in [0.15, 0.2) is 0 Å². The Morgan fingerprint density at radius 3 is 2.71 bits per heavy atom. The van der Waals surface area contributed by atoms with Crippen LogP contribution in [0.25, 0.3) is 0 Å². The van der Waals surface area contributed by atoms with Crippen LogP contribution in [-0.4, -0.2) is 59.9 Å². The van der Waals surface area contributed by atoms with Gasteiger partial charge in [-0.2, -0.15) is 0 Å². The van der Waals surface area contributed by atoms with E-state index >= 15 is 0 Å². The highest BCUT2D eigenvalue weighted by Gasteiger charge is 2.37. The second-order valence-electron chi connectivity index (χ2n) is 9.06. The van der Waals surface area contributed by atoms with Gasteiger partial charge in [0.05, 0.1) is 11.6 Å². The van der Waals surface area contributed by atoms with Crippen molar-refractivity contribution in [2.24, 2.45) is 5.92 Å². The number of hydrogen-bond donors (Lipinski definition) is 0. The molecule has 0 spiro atoms. The SMILES string of the molecule is C[C@H]1C[C@H]2COc3ccc(F)cc3C(=O)N(C)[C@H](C(=O)OCc3ccccc3)CCC(=O)N2C1. The van der Waals surface area contributed by atoms with E-state index in [1.54, 1.807) is 4.90 Å². The number of benzene rings is 2. The maximum Gasteiger partial charge on any atom is 0.329 e. The minimum absolute atomic E-state index is 0.0351. The van der Waals surface area contributed by atoms with Crippen molar-refractivity contribution in [1.29, 1.82) is 0 Å². The molecule has 3 atom stereocenters. The predicted octanol–water partition coefficient (Wildman–Crippen LogP) is 3.42. The molecule has 0 aromatic heterocycles. The standard InChI is InChI=1S/C26H29FN2O5/c1-17-12-20-16-33-23-10-8-19(27)13-21(23)25(31)28(2)22(9-11-24(30)29(20)14-17)26(32)34-15-18-6-4-3-5-7-18/h3-8,10,13,17,20,22H,9,11-12,14-16H2,1-2H3/t17-,20-,22-/m0/s1. The van der Waals surface area contributed by atoms with Gasteiger partial charge in [-0.15, -0.1) is 0 Å². The molecular weight excluding hydrogens is 439 g/mol. The summed E-state index contributed by atoms with van der Waals surface area (Å²) in [5, 5.41) is 0. The molecule has 1 saturated heterocycles. The number of amides is 2. The van der Waals surface area contributed by atoms with Crippen LogP contribution >= 0.6 is 0 Å². The molecule has 2 aromatic carbocycles. The molecule has 1 fully saturated rings. The van der Waals surface area contributed by atoms with Gasteiger partial charge in [0.2, 0.25) is 5.91 Å². The fourth-order valence-corrected chi connectivity index (χ4v) is 4.63. The van der Waals surface area contributed by atoms with Crippen molar-refractivity contribution in [2.75, 3.05) is 20.2 Å². The van der Waals surface area contributed by atoms with Crippen LogP contribution in [-0.2, 0) is 20.9 Å². The van der Waals surface area contributed by atoms with Crippen molar-refractivity contribution in [3.8, 4) is 5.75 Å². The second-order valence-corrected chi connectivity index (χ2v) is 9.06. The van der Waals surface area contributed by atoms with Crippen LogP contribution in [0.4, 0.5) is 4.39 Å². The maximum atomic E-state index is 14.1. The summed E-state index contributed by atoms with van der Waals surface area (Å²) in [6.07, 6.45) is 0.971. The number of fused-ring (bicyclic) bond motifs is 2. The average Bonchev–Trinajstić information content (AvgIpc) is 3.21. The molecule has 34 heavy (non-hydrogen) atoms. The molecule has 0 radical (unpaired) electrons. The first-order chi connectivity index (χ1) is 16.3. The van der Waals surface area contributed by atoms with E-state index in [-0.39, 0.29) is 49.3 Å². The topological polar surface area (TPSA) is 76.1 Å². The number of halogens is 1. The molecule has 0 N–H and O–H groups in total. The highest BCUT2D eigenvalue weighted by atomic mass is 19.1. The Morgan fingerprint density at radius 1 is 1.18 bits per heavy atom. The van der Waals surface area contributed by atoms with Crippen LogP contribution in [0.3, 0.4) is 0 Å². The van der Waals surface area contributed by atoms with Crippen LogP contribution < -0.4 is 4.74 Å². The zero-order valence-electron chi connectivity index (χ0n) is 19.4. The number of likely N-dealkylation sites (N-methyl/N-ethyl adjacent to an activating group) is 1. The van der Waals surface area contributed by atoms with Crippen LogP contribution in [0.2, 0.25) is 0 Å². The monoisotopic (exact) mass is 468 g/mol. The van der Waals surface area contributed by atoms with E-state index < -0.39 is 23.7 Å². The molecule has 2 amide bonds. The van der Waals surface area contributed by atoms with Crippen LogP contribution in [0.5, 0.6) is 5.75 Å². The van der Waals surface area contributed by atoms with Crippen molar-refractivity contribution < 1.29 is 28.2 Å². The number of rotatable bonds is 3. The van der Waals surface area contributed by atoms with Crippen LogP contribution in [0.15, 0.2) is 48.5 Å². The molecular formula is C26H29FN2O5. The minimum Gasteiger partial charge on any atom is -0.491 e. The zero-order chi connectivity index (χ0) is 24.2. The summed E-state index contributed by atoms with van der Waals surface area (Å²) in [6, 6.07) is 11.8. The molecule has 0 aliphatic carbocycles. The molecule has 2 heterocycles. The molecule has 8 heteroatoms. The molecule has 2 aliphatic rings. The molecule has 180 valence electrons. The molecule has 2 aliphatic heterocycles. The summed E-state index contributed by atoms with van der Waals surface area (Å²) in [5.41, 5.74) is 0.844. The van der Waals surface area contributed by atoms with Crippen LogP contribution in [0.1, 0.15) is 42.1 Å².